The molecule has 2 aliphatic rings. The number of amides is 4. The van der Waals surface area contributed by atoms with Crippen LogP contribution in [0.5, 0.6) is 0 Å². The van der Waals surface area contributed by atoms with Crippen LogP contribution in [-0.4, -0.2) is 43.0 Å². The zero-order valence-corrected chi connectivity index (χ0v) is 10.5. The van der Waals surface area contributed by atoms with Crippen molar-refractivity contribution < 1.29 is 19.1 Å². The van der Waals surface area contributed by atoms with E-state index in [2.05, 4.69) is 5.32 Å². The van der Waals surface area contributed by atoms with Gasteiger partial charge in [0.2, 0.25) is 11.8 Å². The lowest BCUT2D eigenvalue weighted by atomic mass is 9.66. The van der Waals surface area contributed by atoms with Crippen LogP contribution in [-0.2, 0) is 14.3 Å². The van der Waals surface area contributed by atoms with E-state index in [1.807, 2.05) is 0 Å². The maximum absolute atomic E-state index is 12.2. The lowest BCUT2D eigenvalue weighted by molar-refractivity contribution is -0.157. The summed E-state index contributed by atoms with van der Waals surface area (Å²) in [6, 6.07) is -0.583. The molecule has 0 radical (unpaired) electrons. The largest absolute Gasteiger partial charge is 0.385 e. The highest BCUT2D eigenvalue weighted by molar-refractivity contribution is 6.19. The summed E-state index contributed by atoms with van der Waals surface area (Å²) >= 11 is 0. The second kappa shape index (κ2) is 5.06. The van der Waals surface area contributed by atoms with E-state index >= 15 is 0 Å². The van der Waals surface area contributed by atoms with Gasteiger partial charge in [0, 0.05) is 20.3 Å². The number of nitrogens with one attached hydrogen (secondary N) is 1. The fraction of sp³-hybridized carbons (Fsp3) is 0.750. The number of hydrogen-bond donors (Lipinski definition) is 1. The van der Waals surface area contributed by atoms with Gasteiger partial charge in [-0.05, 0) is 25.7 Å². The van der Waals surface area contributed by atoms with Crippen LogP contribution >= 0.6 is 0 Å². The number of carbonyl (C=O) groups excluding carboxylic acids is 3. The fourth-order valence-electron chi connectivity index (χ4n) is 2.42. The molecule has 0 aromatic carbocycles. The summed E-state index contributed by atoms with van der Waals surface area (Å²) in [6.45, 7) is 0.955. The normalized spacial score (nSPS) is 22.1. The molecule has 0 aromatic heterocycles. The van der Waals surface area contributed by atoms with Crippen molar-refractivity contribution in [1.29, 1.82) is 0 Å². The van der Waals surface area contributed by atoms with Crippen molar-refractivity contribution in [3.63, 3.8) is 0 Å². The molecule has 0 atom stereocenters. The minimum Gasteiger partial charge on any atom is -0.385 e. The lowest BCUT2D eigenvalue weighted by Crippen LogP contribution is -2.66. The molecule has 1 aliphatic heterocycles. The summed E-state index contributed by atoms with van der Waals surface area (Å²) in [5.41, 5.74) is -0.949. The highest BCUT2D eigenvalue weighted by Crippen LogP contribution is 2.44. The van der Waals surface area contributed by atoms with Gasteiger partial charge >= 0.3 is 6.03 Å². The third kappa shape index (κ3) is 2.01. The number of hydrogen-bond acceptors (Lipinski definition) is 4. The number of imide groups is 2. The Morgan fingerprint density at radius 3 is 2.56 bits per heavy atom. The van der Waals surface area contributed by atoms with Gasteiger partial charge in [0.05, 0.1) is 0 Å². The summed E-state index contributed by atoms with van der Waals surface area (Å²) in [5.74, 6) is -0.739. The first-order valence-corrected chi connectivity index (χ1v) is 6.28. The molecule has 0 aromatic rings. The average Bonchev–Trinajstić information content (AvgIpc) is 2.25. The van der Waals surface area contributed by atoms with Gasteiger partial charge in [0.15, 0.2) is 0 Å². The van der Waals surface area contributed by atoms with Gasteiger partial charge in [-0.25, -0.2) is 4.79 Å². The minimum atomic E-state index is -0.949. The first-order valence-electron chi connectivity index (χ1n) is 6.28. The number of methoxy groups -OCH3 is 1. The smallest absolute Gasteiger partial charge is 0.330 e. The van der Waals surface area contributed by atoms with Gasteiger partial charge in [-0.3, -0.25) is 19.8 Å². The van der Waals surface area contributed by atoms with E-state index in [9.17, 15) is 14.4 Å². The molecule has 1 heterocycles. The van der Waals surface area contributed by atoms with Crippen molar-refractivity contribution in [2.75, 3.05) is 20.3 Å². The number of nitrogens with zero attached hydrogens (tertiary/aromatic N) is 1. The third-order valence-corrected chi connectivity index (χ3v) is 3.74. The number of ether oxygens (including phenoxy) is 1. The van der Waals surface area contributed by atoms with E-state index < -0.39 is 17.4 Å². The average molecular weight is 254 g/mol. The Labute approximate surface area is 106 Å². The van der Waals surface area contributed by atoms with Crippen LogP contribution in [0.3, 0.4) is 0 Å². The molecule has 6 nitrogen and oxygen atoms in total. The molecule has 2 rings (SSSR count). The van der Waals surface area contributed by atoms with Gasteiger partial charge in [-0.15, -0.1) is 0 Å². The van der Waals surface area contributed by atoms with Crippen molar-refractivity contribution in [2.45, 2.75) is 32.1 Å². The molecule has 1 saturated carbocycles. The molecule has 1 saturated heterocycles. The van der Waals surface area contributed by atoms with Crippen molar-refractivity contribution in [3.8, 4) is 0 Å². The summed E-state index contributed by atoms with van der Waals surface area (Å²) in [7, 11) is 1.61. The Morgan fingerprint density at radius 1 is 1.28 bits per heavy atom. The van der Waals surface area contributed by atoms with E-state index in [0.29, 0.717) is 32.4 Å². The number of rotatable bonds is 5. The number of unbranched alkanes of at least 4 members (excludes halogenated alkanes) is 1. The van der Waals surface area contributed by atoms with Crippen LogP contribution in [0.1, 0.15) is 32.1 Å². The Kier molecular flexibility index (Phi) is 3.65. The lowest BCUT2D eigenvalue weighted by Gasteiger charge is -2.44. The monoisotopic (exact) mass is 254 g/mol. The minimum absolute atomic E-state index is 0.320. The molecule has 1 spiro atoms. The Balaban J connectivity index is 1.98. The van der Waals surface area contributed by atoms with Crippen molar-refractivity contribution >= 4 is 17.8 Å². The number of carbonyl (C=O) groups is 3. The molecule has 2 fully saturated rings. The molecule has 0 unspecified atom stereocenters. The fourth-order valence-corrected chi connectivity index (χ4v) is 2.42. The highest BCUT2D eigenvalue weighted by Gasteiger charge is 2.57. The number of barbiturate groups is 1. The molecule has 1 aliphatic carbocycles. The second-order valence-corrected chi connectivity index (χ2v) is 4.85. The van der Waals surface area contributed by atoms with Gasteiger partial charge in [-0.1, -0.05) is 6.42 Å². The standard InChI is InChI=1S/C12H18N2O4/c1-18-8-3-2-7-14-10(16)12(5-4-6-12)9(15)13-11(14)17/h2-8H2,1H3,(H,13,15,17). The van der Waals surface area contributed by atoms with E-state index in [4.69, 9.17) is 4.74 Å². The SMILES string of the molecule is COCCCCN1C(=O)NC(=O)C2(CCC2)C1=O. The van der Waals surface area contributed by atoms with Crippen molar-refractivity contribution in [2.24, 2.45) is 5.41 Å². The van der Waals surface area contributed by atoms with Crippen LogP contribution in [0, 0.1) is 5.41 Å². The molecule has 1 N–H and O–H groups in total. The van der Waals surface area contributed by atoms with E-state index in [-0.39, 0.29) is 5.91 Å². The number of urea groups is 1. The Hall–Kier alpha value is -1.43. The van der Waals surface area contributed by atoms with Crippen LogP contribution in [0.2, 0.25) is 0 Å². The second-order valence-electron chi connectivity index (χ2n) is 4.85. The summed E-state index contributed by atoms with van der Waals surface area (Å²) in [5, 5.41) is 2.29. The first kappa shape index (κ1) is 13.0. The zero-order valence-electron chi connectivity index (χ0n) is 10.5. The predicted molar refractivity (Wildman–Crippen MR) is 62.6 cm³/mol. The molecule has 4 amide bonds. The summed E-state index contributed by atoms with van der Waals surface area (Å²) in [4.78, 5) is 36.8. The van der Waals surface area contributed by atoms with E-state index in [1.165, 1.54) is 4.90 Å². The summed E-state index contributed by atoms with van der Waals surface area (Å²) in [6.07, 6.45) is 3.45. The quantitative estimate of drug-likeness (QED) is 0.577. The molecular weight excluding hydrogens is 236 g/mol. The predicted octanol–water partition coefficient (Wildman–Crippen LogP) is 0.662. The van der Waals surface area contributed by atoms with Crippen molar-refractivity contribution in [3.05, 3.63) is 0 Å². The zero-order chi connectivity index (χ0) is 13.2. The highest BCUT2D eigenvalue weighted by atomic mass is 16.5. The molecular formula is C12H18N2O4. The van der Waals surface area contributed by atoms with Gasteiger partial charge in [0.25, 0.3) is 0 Å². The van der Waals surface area contributed by atoms with Crippen LogP contribution in [0.4, 0.5) is 4.79 Å². The molecule has 0 bridgehead atoms. The summed E-state index contributed by atoms with van der Waals surface area (Å²) < 4.78 is 4.92. The van der Waals surface area contributed by atoms with Crippen molar-refractivity contribution in [1.82, 2.24) is 10.2 Å². The molecule has 100 valence electrons. The topological polar surface area (TPSA) is 75.7 Å². The Morgan fingerprint density at radius 2 is 2.00 bits per heavy atom. The van der Waals surface area contributed by atoms with E-state index in [1.54, 1.807) is 7.11 Å². The molecule has 6 heteroatoms. The first-order chi connectivity index (χ1) is 8.62. The molecule has 18 heavy (non-hydrogen) atoms. The third-order valence-electron chi connectivity index (χ3n) is 3.74. The van der Waals surface area contributed by atoms with Crippen LogP contribution in [0.25, 0.3) is 0 Å². The Bertz CT molecular complexity index is 376. The van der Waals surface area contributed by atoms with E-state index in [0.717, 1.165) is 12.8 Å². The van der Waals surface area contributed by atoms with Crippen LogP contribution in [0.15, 0.2) is 0 Å². The maximum Gasteiger partial charge on any atom is 0.330 e. The van der Waals surface area contributed by atoms with Crippen LogP contribution < -0.4 is 5.32 Å². The van der Waals surface area contributed by atoms with Gasteiger partial charge < -0.3 is 4.74 Å². The van der Waals surface area contributed by atoms with Gasteiger partial charge in [-0.2, -0.15) is 0 Å². The maximum atomic E-state index is 12.2. The van der Waals surface area contributed by atoms with Gasteiger partial charge in [0.1, 0.15) is 5.41 Å².